The molecule has 0 spiro atoms. The third-order valence-corrected chi connectivity index (χ3v) is 6.24. The lowest BCUT2D eigenvalue weighted by Gasteiger charge is -2.36. The molecule has 0 amide bonds. The van der Waals surface area contributed by atoms with Crippen LogP contribution in [-0.4, -0.2) is 41.8 Å². The molecular formula is C25H28N2O3. The molecule has 1 fully saturated rings. The van der Waals surface area contributed by atoms with Gasteiger partial charge in [0.25, 0.3) is 0 Å². The van der Waals surface area contributed by atoms with Gasteiger partial charge in [-0.2, -0.15) is 0 Å². The lowest BCUT2D eigenvalue weighted by atomic mass is 9.90. The third-order valence-electron chi connectivity index (χ3n) is 6.24. The predicted molar refractivity (Wildman–Crippen MR) is 118 cm³/mol. The van der Waals surface area contributed by atoms with E-state index in [2.05, 4.69) is 22.9 Å². The quantitative estimate of drug-likeness (QED) is 0.484. The Morgan fingerprint density at radius 2 is 1.83 bits per heavy atom. The zero-order chi connectivity index (χ0) is 21.1. The number of carbonyl (C=O) groups is 2. The van der Waals surface area contributed by atoms with Gasteiger partial charge in [-0.25, -0.2) is 0 Å². The lowest BCUT2D eigenvalue weighted by Crippen LogP contribution is -2.41. The summed E-state index contributed by atoms with van der Waals surface area (Å²) in [5, 5.41) is 0.977. The van der Waals surface area contributed by atoms with Crippen LogP contribution in [0.1, 0.15) is 47.3 Å². The molecule has 156 valence electrons. The van der Waals surface area contributed by atoms with Gasteiger partial charge in [0, 0.05) is 35.8 Å². The van der Waals surface area contributed by atoms with Gasteiger partial charge >= 0.3 is 5.97 Å². The monoisotopic (exact) mass is 404 g/mol. The van der Waals surface area contributed by atoms with E-state index >= 15 is 0 Å². The van der Waals surface area contributed by atoms with Gasteiger partial charge in [0.15, 0.2) is 5.78 Å². The molecule has 30 heavy (non-hydrogen) atoms. The summed E-state index contributed by atoms with van der Waals surface area (Å²) in [5.74, 6) is -0.142. The third kappa shape index (κ3) is 3.77. The van der Waals surface area contributed by atoms with E-state index in [0.29, 0.717) is 25.9 Å². The topological polar surface area (TPSA) is 62.4 Å². The summed E-state index contributed by atoms with van der Waals surface area (Å²) in [6, 6.07) is 15.7. The van der Waals surface area contributed by atoms with E-state index < -0.39 is 0 Å². The average molecular weight is 405 g/mol. The number of hydrogen-bond acceptors (Lipinski definition) is 4. The maximum Gasteiger partial charge on any atom is 0.308 e. The number of nitrogens with zero attached hydrogens (tertiary/aromatic N) is 1. The molecule has 5 nitrogen and oxygen atoms in total. The van der Waals surface area contributed by atoms with Crippen LogP contribution in [0.3, 0.4) is 0 Å². The molecule has 1 aromatic heterocycles. The molecule has 1 aliphatic rings. The number of benzene rings is 2. The van der Waals surface area contributed by atoms with Gasteiger partial charge in [0.1, 0.15) is 0 Å². The van der Waals surface area contributed by atoms with Crippen LogP contribution in [-0.2, 0) is 16.0 Å². The van der Waals surface area contributed by atoms with Gasteiger partial charge in [-0.1, -0.05) is 55.5 Å². The van der Waals surface area contributed by atoms with Gasteiger partial charge in [-0.15, -0.1) is 0 Å². The average Bonchev–Trinajstić information content (AvgIpc) is 3.24. The van der Waals surface area contributed by atoms with E-state index in [1.165, 1.54) is 12.7 Å². The van der Waals surface area contributed by atoms with Crippen molar-refractivity contribution >= 4 is 22.7 Å². The van der Waals surface area contributed by atoms with Crippen molar-refractivity contribution in [3.63, 3.8) is 0 Å². The number of nitrogens with one attached hydrogen (secondary N) is 1. The molecular weight excluding hydrogens is 376 g/mol. The number of rotatable bonds is 6. The zero-order valence-electron chi connectivity index (χ0n) is 17.6. The lowest BCUT2D eigenvalue weighted by molar-refractivity contribution is -0.147. The number of para-hydroxylation sites is 1. The van der Waals surface area contributed by atoms with Crippen molar-refractivity contribution < 1.29 is 14.3 Å². The first-order valence-corrected chi connectivity index (χ1v) is 10.6. The first-order chi connectivity index (χ1) is 14.6. The molecule has 1 N–H and O–H groups in total. The summed E-state index contributed by atoms with van der Waals surface area (Å²) in [5.41, 5.74) is 3.96. The molecule has 2 aromatic carbocycles. The molecule has 4 rings (SSSR count). The number of likely N-dealkylation sites (tertiary alicyclic amines) is 1. The second-order valence-electron chi connectivity index (χ2n) is 7.91. The molecule has 3 aromatic rings. The van der Waals surface area contributed by atoms with Gasteiger partial charge in [-0.3, -0.25) is 14.5 Å². The number of piperidine rings is 1. The number of ketones is 1. The van der Waals surface area contributed by atoms with Crippen LogP contribution in [0.5, 0.6) is 0 Å². The van der Waals surface area contributed by atoms with Crippen molar-refractivity contribution in [1.29, 1.82) is 0 Å². The largest absolute Gasteiger partial charge is 0.469 e. The standard InChI is InChI=1S/C25H28N2O3/c1-3-17-10-7-11-20-21(16-26-22(17)20)24(28)23(18-8-5-4-6-9-18)27-14-12-19(13-15-27)25(29)30-2/h4-11,16,19,23,26H,3,12-15H2,1-2H3. The van der Waals surface area contributed by atoms with Crippen LogP contribution in [0.4, 0.5) is 0 Å². The fourth-order valence-electron chi connectivity index (χ4n) is 4.59. The molecule has 5 heteroatoms. The van der Waals surface area contributed by atoms with E-state index in [0.717, 1.165) is 28.5 Å². The number of aromatic nitrogens is 1. The van der Waals surface area contributed by atoms with Crippen LogP contribution >= 0.6 is 0 Å². The number of esters is 1. The molecule has 0 aliphatic carbocycles. The highest BCUT2D eigenvalue weighted by atomic mass is 16.5. The Morgan fingerprint density at radius 3 is 2.50 bits per heavy atom. The number of aryl methyl sites for hydroxylation is 1. The van der Waals surface area contributed by atoms with Crippen molar-refractivity contribution in [2.45, 2.75) is 32.2 Å². The second-order valence-corrected chi connectivity index (χ2v) is 7.91. The Hall–Kier alpha value is -2.92. The second kappa shape index (κ2) is 8.84. The van der Waals surface area contributed by atoms with Gasteiger partial charge < -0.3 is 9.72 Å². The van der Waals surface area contributed by atoms with Gasteiger partial charge in [0.2, 0.25) is 0 Å². The Labute approximate surface area is 177 Å². The van der Waals surface area contributed by atoms with E-state index in [4.69, 9.17) is 4.74 Å². The Morgan fingerprint density at radius 1 is 1.10 bits per heavy atom. The molecule has 1 unspecified atom stereocenters. The summed E-state index contributed by atoms with van der Waals surface area (Å²) in [6.07, 6.45) is 4.17. The number of fused-ring (bicyclic) bond motifs is 1. The molecule has 2 heterocycles. The molecule has 0 bridgehead atoms. The fourth-order valence-corrected chi connectivity index (χ4v) is 4.59. The van der Waals surface area contributed by atoms with Crippen LogP contribution < -0.4 is 0 Å². The normalized spacial score (nSPS) is 16.5. The zero-order valence-corrected chi connectivity index (χ0v) is 17.6. The van der Waals surface area contributed by atoms with E-state index in [-0.39, 0.29) is 23.7 Å². The van der Waals surface area contributed by atoms with Crippen LogP contribution in [0.25, 0.3) is 10.9 Å². The highest BCUT2D eigenvalue weighted by molar-refractivity contribution is 6.11. The first-order valence-electron chi connectivity index (χ1n) is 10.6. The summed E-state index contributed by atoms with van der Waals surface area (Å²) in [7, 11) is 1.44. The highest BCUT2D eigenvalue weighted by Crippen LogP contribution is 2.33. The Balaban J connectivity index is 1.68. The maximum atomic E-state index is 13.8. The SMILES string of the molecule is CCc1cccc2c(C(=O)C(c3ccccc3)N3CCC(C(=O)OC)CC3)c[nH]c12. The molecule has 1 aliphatic heterocycles. The molecule has 1 atom stereocenters. The van der Waals surface area contributed by atoms with Crippen molar-refractivity contribution in [3.8, 4) is 0 Å². The van der Waals surface area contributed by atoms with Crippen molar-refractivity contribution in [2.24, 2.45) is 5.92 Å². The summed E-state index contributed by atoms with van der Waals surface area (Å²) < 4.78 is 4.92. The van der Waals surface area contributed by atoms with E-state index in [1.807, 2.05) is 48.7 Å². The Bertz CT molecular complexity index is 1030. The van der Waals surface area contributed by atoms with E-state index in [9.17, 15) is 9.59 Å². The van der Waals surface area contributed by atoms with E-state index in [1.54, 1.807) is 0 Å². The Kier molecular flexibility index (Phi) is 6.00. The predicted octanol–water partition coefficient (Wildman–Crippen LogP) is 4.54. The van der Waals surface area contributed by atoms with Crippen LogP contribution in [0.15, 0.2) is 54.7 Å². The van der Waals surface area contributed by atoms with Crippen molar-refractivity contribution in [2.75, 3.05) is 20.2 Å². The maximum absolute atomic E-state index is 13.8. The minimum absolute atomic E-state index is 0.0852. The summed E-state index contributed by atoms with van der Waals surface area (Å²) >= 11 is 0. The van der Waals surface area contributed by atoms with Crippen LogP contribution in [0, 0.1) is 5.92 Å². The minimum Gasteiger partial charge on any atom is -0.469 e. The minimum atomic E-state index is -0.367. The number of hydrogen-bond donors (Lipinski definition) is 1. The number of methoxy groups -OCH3 is 1. The van der Waals surface area contributed by atoms with Crippen LogP contribution in [0.2, 0.25) is 0 Å². The number of H-pyrrole nitrogens is 1. The van der Waals surface area contributed by atoms with Crippen molar-refractivity contribution in [3.05, 3.63) is 71.4 Å². The first kappa shape index (κ1) is 20.4. The fraction of sp³-hybridized carbons (Fsp3) is 0.360. The number of aromatic amines is 1. The van der Waals surface area contributed by atoms with Gasteiger partial charge in [-0.05, 0) is 30.4 Å². The molecule has 0 radical (unpaired) electrons. The molecule has 0 saturated carbocycles. The number of carbonyl (C=O) groups excluding carboxylic acids is 2. The van der Waals surface area contributed by atoms with Crippen molar-refractivity contribution in [1.82, 2.24) is 9.88 Å². The number of ether oxygens (including phenoxy) is 1. The number of Topliss-reactive ketones (excluding diaryl/α,β-unsaturated/α-hetero) is 1. The summed E-state index contributed by atoms with van der Waals surface area (Å²) in [4.78, 5) is 31.3. The molecule has 1 saturated heterocycles. The van der Waals surface area contributed by atoms with Gasteiger partial charge in [0.05, 0.1) is 19.1 Å². The highest BCUT2D eigenvalue weighted by Gasteiger charge is 2.34. The smallest absolute Gasteiger partial charge is 0.308 e. The summed E-state index contributed by atoms with van der Waals surface area (Å²) in [6.45, 7) is 3.50.